The van der Waals surface area contributed by atoms with E-state index >= 15 is 0 Å². The van der Waals surface area contributed by atoms with Crippen LogP contribution in [0, 0.1) is 12.3 Å². The third-order valence-electron chi connectivity index (χ3n) is 5.87. The third kappa shape index (κ3) is 3.15. The van der Waals surface area contributed by atoms with Crippen LogP contribution in [0.15, 0.2) is 41.5 Å². The number of fused-ring (bicyclic) bond motifs is 1. The molecule has 2 fully saturated rings. The smallest absolute Gasteiger partial charge is 0.266 e. The van der Waals surface area contributed by atoms with Gasteiger partial charge in [-0.15, -0.1) is 6.42 Å². The van der Waals surface area contributed by atoms with Crippen molar-refractivity contribution < 1.29 is 4.74 Å². The van der Waals surface area contributed by atoms with Crippen LogP contribution in [-0.2, 0) is 4.74 Å². The molecule has 1 N–H and O–H groups in total. The lowest BCUT2D eigenvalue weighted by Crippen LogP contribution is -2.36. The fraction of sp³-hybridized carbons (Fsp3) is 0.364. The van der Waals surface area contributed by atoms with Gasteiger partial charge < -0.3 is 19.5 Å². The first kappa shape index (κ1) is 17.8. The van der Waals surface area contributed by atoms with Crippen molar-refractivity contribution in [1.29, 1.82) is 0 Å². The number of terminal acetylenes is 1. The minimum atomic E-state index is -0.211. The number of anilines is 2. The van der Waals surface area contributed by atoms with Gasteiger partial charge in [-0.05, 0) is 30.7 Å². The number of rotatable bonds is 3. The van der Waals surface area contributed by atoms with Crippen molar-refractivity contribution in [2.24, 2.45) is 0 Å². The Bertz CT molecular complexity index is 1120. The second-order valence-electron chi connectivity index (χ2n) is 7.53. The van der Waals surface area contributed by atoms with Gasteiger partial charge in [-0.2, -0.15) is 5.10 Å². The normalized spacial score (nSPS) is 19.6. The summed E-state index contributed by atoms with van der Waals surface area (Å²) in [5, 5.41) is 5.38. The van der Waals surface area contributed by atoms with Gasteiger partial charge in [0.05, 0.1) is 30.5 Å². The van der Waals surface area contributed by atoms with Gasteiger partial charge in [-0.25, -0.2) is 0 Å². The van der Waals surface area contributed by atoms with E-state index in [1.54, 1.807) is 6.20 Å². The number of ether oxygens (including phenoxy) is 1. The molecular formula is C22H23N5O2. The first-order valence-corrected chi connectivity index (χ1v) is 9.98. The monoisotopic (exact) mass is 389 g/mol. The molecule has 3 aromatic rings. The Morgan fingerprint density at radius 3 is 2.83 bits per heavy atom. The summed E-state index contributed by atoms with van der Waals surface area (Å²) < 4.78 is 7.47. The van der Waals surface area contributed by atoms with E-state index in [9.17, 15) is 4.79 Å². The van der Waals surface area contributed by atoms with Crippen molar-refractivity contribution in [2.45, 2.75) is 12.5 Å². The molecule has 2 aliphatic rings. The average Bonchev–Trinajstić information content (AvgIpc) is 3.45. The van der Waals surface area contributed by atoms with Crippen LogP contribution in [0.3, 0.4) is 0 Å². The maximum Gasteiger partial charge on any atom is 0.266 e. The van der Waals surface area contributed by atoms with E-state index in [1.807, 2.05) is 23.0 Å². The molecule has 0 spiro atoms. The highest BCUT2D eigenvalue weighted by molar-refractivity contribution is 5.96. The number of H-pyrrole nitrogens is 1. The van der Waals surface area contributed by atoms with Gasteiger partial charge in [0.1, 0.15) is 5.56 Å². The lowest BCUT2D eigenvalue weighted by Gasteiger charge is -2.29. The maximum absolute atomic E-state index is 12.7. The standard InChI is InChI=1S/C22H23N5O2/c1-2-18-21(26-9-6-17(15-26)27-8-3-7-23-27)19-14-16(25-10-12-29-13-11-25)4-5-20(19)24-22(18)28/h1,3-5,7-8,14,17H,6,9-13,15H2,(H,24,28)/t17-/m1/s1. The summed E-state index contributed by atoms with van der Waals surface area (Å²) in [5.74, 6) is 2.64. The summed E-state index contributed by atoms with van der Waals surface area (Å²) >= 11 is 0. The molecule has 2 saturated heterocycles. The van der Waals surface area contributed by atoms with E-state index in [0.717, 1.165) is 68.1 Å². The highest BCUT2D eigenvalue weighted by atomic mass is 16.5. The molecule has 1 atom stereocenters. The van der Waals surface area contributed by atoms with E-state index in [-0.39, 0.29) is 11.6 Å². The molecule has 0 saturated carbocycles. The number of aromatic nitrogens is 3. The summed E-state index contributed by atoms with van der Waals surface area (Å²) in [6.45, 7) is 4.78. The molecule has 2 aromatic heterocycles. The Hall–Kier alpha value is -3.24. The zero-order chi connectivity index (χ0) is 19.8. The molecule has 7 nitrogen and oxygen atoms in total. The van der Waals surface area contributed by atoms with Gasteiger partial charge in [0, 0.05) is 49.6 Å². The molecule has 1 aromatic carbocycles. The third-order valence-corrected chi connectivity index (χ3v) is 5.87. The van der Waals surface area contributed by atoms with Crippen molar-refractivity contribution in [1.82, 2.24) is 14.8 Å². The topological polar surface area (TPSA) is 66.4 Å². The summed E-state index contributed by atoms with van der Waals surface area (Å²) in [6, 6.07) is 8.39. The summed E-state index contributed by atoms with van der Waals surface area (Å²) in [7, 11) is 0. The summed E-state index contributed by atoms with van der Waals surface area (Å²) in [6.07, 6.45) is 10.5. The number of hydrogen-bond donors (Lipinski definition) is 1. The zero-order valence-electron chi connectivity index (χ0n) is 16.2. The van der Waals surface area contributed by atoms with Crippen LogP contribution in [0.1, 0.15) is 18.0 Å². The van der Waals surface area contributed by atoms with E-state index in [4.69, 9.17) is 11.2 Å². The molecule has 5 rings (SSSR count). The largest absolute Gasteiger partial charge is 0.378 e. The van der Waals surface area contributed by atoms with Gasteiger partial charge in [0.25, 0.3) is 5.56 Å². The van der Waals surface area contributed by atoms with Crippen molar-refractivity contribution in [3.63, 3.8) is 0 Å². The quantitative estimate of drug-likeness (QED) is 0.694. The Balaban J connectivity index is 1.60. The van der Waals surface area contributed by atoms with E-state index in [2.05, 4.69) is 37.9 Å². The first-order chi connectivity index (χ1) is 14.2. The highest BCUT2D eigenvalue weighted by Gasteiger charge is 2.28. The van der Waals surface area contributed by atoms with Gasteiger partial charge >= 0.3 is 0 Å². The van der Waals surface area contributed by atoms with Crippen LogP contribution >= 0.6 is 0 Å². The van der Waals surface area contributed by atoms with Crippen LogP contribution < -0.4 is 15.4 Å². The van der Waals surface area contributed by atoms with Crippen LogP contribution in [0.25, 0.3) is 10.9 Å². The molecule has 0 radical (unpaired) electrons. The van der Waals surface area contributed by atoms with Crippen LogP contribution in [0.2, 0.25) is 0 Å². The minimum absolute atomic E-state index is 0.211. The Labute approximate surface area is 168 Å². The highest BCUT2D eigenvalue weighted by Crippen LogP contribution is 2.35. The number of pyridine rings is 1. The number of nitrogens with zero attached hydrogens (tertiary/aromatic N) is 4. The second kappa shape index (κ2) is 7.30. The van der Waals surface area contributed by atoms with Gasteiger partial charge in [0.15, 0.2) is 0 Å². The van der Waals surface area contributed by atoms with Crippen molar-refractivity contribution in [2.75, 3.05) is 49.2 Å². The van der Waals surface area contributed by atoms with Crippen molar-refractivity contribution in [3.05, 3.63) is 52.6 Å². The van der Waals surface area contributed by atoms with E-state index in [0.29, 0.717) is 5.56 Å². The van der Waals surface area contributed by atoms with Crippen LogP contribution in [0.5, 0.6) is 0 Å². The maximum atomic E-state index is 12.7. The van der Waals surface area contributed by atoms with Gasteiger partial charge in [-0.3, -0.25) is 9.48 Å². The molecule has 2 aliphatic heterocycles. The summed E-state index contributed by atoms with van der Waals surface area (Å²) in [5.41, 5.74) is 2.98. The number of nitrogens with one attached hydrogen (secondary N) is 1. The van der Waals surface area contributed by atoms with Crippen LogP contribution in [-0.4, -0.2) is 54.2 Å². The van der Waals surface area contributed by atoms with Gasteiger partial charge in [0.2, 0.25) is 0 Å². The molecule has 29 heavy (non-hydrogen) atoms. The van der Waals surface area contributed by atoms with E-state index in [1.165, 1.54) is 0 Å². The number of morpholine rings is 1. The average molecular weight is 389 g/mol. The van der Waals surface area contributed by atoms with Crippen molar-refractivity contribution >= 4 is 22.3 Å². The Morgan fingerprint density at radius 2 is 2.07 bits per heavy atom. The number of aromatic amines is 1. The zero-order valence-corrected chi connectivity index (χ0v) is 16.2. The second-order valence-corrected chi connectivity index (χ2v) is 7.53. The summed E-state index contributed by atoms with van der Waals surface area (Å²) in [4.78, 5) is 20.2. The van der Waals surface area contributed by atoms with Crippen molar-refractivity contribution in [3.8, 4) is 12.3 Å². The molecule has 0 bridgehead atoms. The number of hydrogen-bond acceptors (Lipinski definition) is 5. The molecule has 0 unspecified atom stereocenters. The minimum Gasteiger partial charge on any atom is -0.378 e. The lowest BCUT2D eigenvalue weighted by atomic mass is 10.1. The molecule has 4 heterocycles. The first-order valence-electron chi connectivity index (χ1n) is 9.98. The van der Waals surface area contributed by atoms with Crippen LogP contribution in [0.4, 0.5) is 11.4 Å². The fourth-order valence-corrected chi connectivity index (χ4v) is 4.40. The molecule has 7 heteroatoms. The predicted molar refractivity (Wildman–Crippen MR) is 114 cm³/mol. The predicted octanol–water partition coefficient (Wildman–Crippen LogP) is 1.99. The Kier molecular flexibility index (Phi) is 4.49. The Morgan fingerprint density at radius 1 is 1.21 bits per heavy atom. The SMILES string of the molecule is C#Cc1c(N2CC[C@@H](n3cccn3)C2)c2cc(N3CCOCC3)ccc2[nH]c1=O. The molecule has 0 aliphatic carbocycles. The fourth-order valence-electron chi connectivity index (χ4n) is 4.40. The van der Waals surface area contributed by atoms with Gasteiger partial charge in [-0.1, -0.05) is 5.92 Å². The van der Waals surface area contributed by atoms with E-state index < -0.39 is 0 Å². The number of benzene rings is 1. The molecular weight excluding hydrogens is 366 g/mol. The molecule has 148 valence electrons. The molecule has 0 amide bonds. The lowest BCUT2D eigenvalue weighted by molar-refractivity contribution is 0.122.